The highest BCUT2D eigenvalue weighted by Crippen LogP contribution is 2.07. The van der Waals surface area contributed by atoms with Crippen LogP contribution in [-0.4, -0.2) is 23.0 Å². The number of nitrogens with one attached hydrogen (secondary N) is 2. The van der Waals surface area contributed by atoms with E-state index in [0.29, 0.717) is 11.3 Å². The van der Waals surface area contributed by atoms with E-state index in [1.807, 2.05) is 55.5 Å². The fourth-order valence-corrected chi connectivity index (χ4v) is 2.51. The summed E-state index contributed by atoms with van der Waals surface area (Å²) in [6.07, 6.45) is 3.04. The number of hydrazone groups is 1. The molecule has 0 aliphatic rings. The molecule has 0 saturated carbocycles. The van der Waals surface area contributed by atoms with Crippen molar-refractivity contribution in [1.29, 1.82) is 0 Å². The third-order valence-corrected chi connectivity index (χ3v) is 3.91. The molecular weight excluding hydrogens is 364 g/mol. The average Bonchev–Trinajstić information content (AvgIpc) is 2.74. The Morgan fingerprint density at radius 3 is 2.28 bits per heavy atom. The van der Waals surface area contributed by atoms with Crippen LogP contribution in [-0.2, 0) is 4.79 Å². The first kappa shape index (κ1) is 19.7. The molecule has 0 atom stereocenters. The van der Waals surface area contributed by atoms with Gasteiger partial charge < -0.3 is 5.32 Å². The van der Waals surface area contributed by atoms with E-state index in [1.165, 1.54) is 6.21 Å². The first-order chi connectivity index (χ1) is 14.1. The molecule has 3 aromatic rings. The molecule has 3 rings (SSSR count). The normalized spacial score (nSPS) is 11.3. The van der Waals surface area contributed by atoms with E-state index in [-0.39, 0.29) is 11.6 Å². The largest absolute Gasteiger partial charge is 0.317 e. The van der Waals surface area contributed by atoms with Crippen LogP contribution in [0, 0.1) is 6.92 Å². The zero-order valence-corrected chi connectivity index (χ0v) is 15.9. The molecule has 0 fully saturated rings. The monoisotopic (exact) mass is 384 g/mol. The number of hydrogen-bond donors (Lipinski definition) is 2. The topological polar surface area (TPSA) is 83.5 Å². The van der Waals surface area contributed by atoms with Crippen molar-refractivity contribution < 1.29 is 9.59 Å². The molecule has 0 saturated heterocycles. The maximum atomic E-state index is 12.6. The molecule has 0 bridgehead atoms. The number of carbonyl (C=O) groups is 2. The summed E-state index contributed by atoms with van der Waals surface area (Å²) < 4.78 is 0. The minimum atomic E-state index is -0.540. The highest BCUT2D eigenvalue weighted by atomic mass is 16.2. The van der Waals surface area contributed by atoms with Crippen molar-refractivity contribution in [1.82, 2.24) is 15.7 Å². The molecule has 1 aromatic heterocycles. The fourth-order valence-electron chi connectivity index (χ4n) is 2.51. The highest BCUT2D eigenvalue weighted by Gasteiger charge is 2.14. The molecule has 29 heavy (non-hydrogen) atoms. The number of hydrogen-bond acceptors (Lipinski definition) is 4. The van der Waals surface area contributed by atoms with Crippen LogP contribution >= 0.6 is 0 Å². The zero-order valence-electron chi connectivity index (χ0n) is 15.9. The lowest BCUT2D eigenvalue weighted by atomic mass is 10.1. The fraction of sp³-hybridized carbons (Fsp3) is 0.0435. The summed E-state index contributed by atoms with van der Waals surface area (Å²) in [4.78, 5) is 29.4. The van der Waals surface area contributed by atoms with Crippen molar-refractivity contribution in [3.8, 4) is 0 Å². The quantitative estimate of drug-likeness (QED) is 0.389. The van der Waals surface area contributed by atoms with Gasteiger partial charge in [-0.05, 0) is 42.8 Å². The van der Waals surface area contributed by atoms with E-state index in [9.17, 15) is 9.59 Å². The lowest BCUT2D eigenvalue weighted by molar-refractivity contribution is -0.117. The zero-order chi connectivity index (χ0) is 20.5. The van der Waals surface area contributed by atoms with Gasteiger partial charge in [-0.15, -0.1) is 0 Å². The molecule has 0 aliphatic carbocycles. The number of pyridine rings is 1. The van der Waals surface area contributed by atoms with Crippen LogP contribution in [0.4, 0.5) is 0 Å². The molecule has 0 aliphatic heterocycles. The van der Waals surface area contributed by atoms with Crippen LogP contribution in [0.25, 0.3) is 6.08 Å². The SMILES string of the molecule is Cc1cccc(/C=N/NC(=O)/C(=C/c2ccccc2)NC(=O)c2ccccc2)n1. The van der Waals surface area contributed by atoms with Crippen LogP contribution in [0.15, 0.2) is 89.7 Å². The van der Waals surface area contributed by atoms with E-state index in [0.717, 1.165) is 11.3 Å². The third-order valence-electron chi connectivity index (χ3n) is 3.91. The number of carbonyl (C=O) groups excluding carboxylic acids is 2. The van der Waals surface area contributed by atoms with Gasteiger partial charge in [-0.25, -0.2) is 5.43 Å². The van der Waals surface area contributed by atoms with Crippen molar-refractivity contribution in [2.75, 3.05) is 0 Å². The summed E-state index contributed by atoms with van der Waals surface area (Å²) in [6.45, 7) is 1.87. The number of aryl methyl sites for hydroxylation is 1. The van der Waals surface area contributed by atoms with Gasteiger partial charge in [0.2, 0.25) is 0 Å². The smallest absolute Gasteiger partial charge is 0.287 e. The molecule has 144 valence electrons. The summed E-state index contributed by atoms with van der Waals surface area (Å²) in [7, 11) is 0. The predicted octanol–water partition coefficient (Wildman–Crippen LogP) is 3.31. The molecule has 0 spiro atoms. The number of aromatic nitrogens is 1. The summed E-state index contributed by atoms with van der Waals surface area (Å²) in [6, 6.07) is 23.4. The predicted molar refractivity (Wildman–Crippen MR) is 113 cm³/mol. The van der Waals surface area contributed by atoms with Crippen molar-refractivity contribution in [2.24, 2.45) is 5.10 Å². The standard InChI is InChI=1S/C23H20N4O2/c1-17-9-8-14-20(25-17)16-24-27-23(29)21(15-18-10-4-2-5-11-18)26-22(28)19-12-6-3-7-13-19/h2-16H,1H3,(H,26,28)(H,27,29)/b21-15-,24-16+. The van der Waals surface area contributed by atoms with Gasteiger partial charge in [0.05, 0.1) is 11.9 Å². The number of rotatable bonds is 6. The van der Waals surface area contributed by atoms with E-state index in [4.69, 9.17) is 0 Å². The second kappa shape index (κ2) is 9.75. The Balaban J connectivity index is 1.77. The van der Waals surface area contributed by atoms with Gasteiger partial charge >= 0.3 is 0 Å². The Kier molecular flexibility index (Phi) is 6.62. The molecule has 2 aromatic carbocycles. The van der Waals surface area contributed by atoms with Crippen LogP contribution in [0.1, 0.15) is 27.3 Å². The van der Waals surface area contributed by atoms with Crippen molar-refractivity contribution in [3.63, 3.8) is 0 Å². The van der Waals surface area contributed by atoms with Gasteiger partial charge in [0.1, 0.15) is 5.70 Å². The van der Waals surface area contributed by atoms with Crippen LogP contribution in [0.5, 0.6) is 0 Å². The van der Waals surface area contributed by atoms with Crippen molar-refractivity contribution in [2.45, 2.75) is 6.92 Å². The Hall–Kier alpha value is -4.06. The molecular formula is C23H20N4O2. The highest BCUT2D eigenvalue weighted by molar-refractivity contribution is 6.05. The average molecular weight is 384 g/mol. The summed E-state index contributed by atoms with van der Waals surface area (Å²) in [5.41, 5.74) is 5.21. The van der Waals surface area contributed by atoms with E-state index >= 15 is 0 Å². The molecule has 6 heteroatoms. The maximum absolute atomic E-state index is 12.6. The summed E-state index contributed by atoms with van der Waals surface area (Å²) in [5, 5.41) is 6.61. The van der Waals surface area contributed by atoms with E-state index in [1.54, 1.807) is 36.4 Å². The van der Waals surface area contributed by atoms with Crippen molar-refractivity contribution >= 4 is 24.1 Å². The maximum Gasteiger partial charge on any atom is 0.287 e. The molecule has 2 amide bonds. The minimum Gasteiger partial charge on any atom is -0.317 e. The van der Waals surface area contributed by atoms with Gasteiger partial charge in [0.25, 0.3) is 11.8 Å². The van der Waals surface area contributed by atoms with Gasteiger partial charge in [-0.2, -0.15) is 5.10 Å². The minimum absolute atomic E-state index is 0.0828. The van der Waals surface area contributed by atoms with Crippen LogP contribution < -0.4 is 10.7 Å². The molecule has 0 radical (unpaired) electrons. The number of amides is 2. The van der Waals surface area contributed by atoms with Crippen LogP contribution in [0.2, 0.25) is 0 Å². The molecule has 2 N–H and O–H groups in total. The first-order valence-electron chi connectivity index (χ1n) is 9.02. The third kappa shape index (κ3) is 5.97. The first-order valence-corrected chi connectivity index (χ1v) is 9.02. The Labute approximate surface area is 169 Å². The number of nitrogens with zero attached hydrogens (tertiary/aromatic N) is 2. The van der Waals surface area contributed by atoms with Gasteiger partial charge in [0.15, 0.2) is 0 Å². The molecule has 6 nitrogen and oxygen atoms in total. The second-order valence-corrected chi connectivity index (χ2v) is 6.19. The van der Waals surface area contributed by atoms with E-state index in [2.05, 4.69) is 20.8 Å². The summed E-state index contributed by atoms with van der Waals surface area (Å²) >= 11 is 0. The lowest BCUT2D eigenvalue weighted by Gasteiger charge is -2.09. The molecule has 0 unspecified atom stereocenters. The van der Waals surface area contributed by atoms with Gasteiger partial charge in [0, 0.05) is 11.3 Å². The number of benzene rings is 2. The van der Waals surface area contributed by atoms with E-state index < -0.39 is 5.91 Å². The molecule has 1 heterocycles. The Morgan fingerprint density at radius 1 is 0.897 bits per heavy atom. The van der Waals surface area contributed by atoms with Crippen LogP contribution in [0.3, 0.4) is 0 Å². The summed E-state index contributed by atoms with van der Waals surface area (Å²) in [5.74, 6) is -0.922. The lowest BCUT2D eigenvalue weighted by Crippen LogP contribution is -2.32. The van der Waals surface area contributed by atoms with Crippen molar-refractivity contribution in [3.05, 3.63) is 107 Å². The Morgan fingerprint density at radius 2 is 1.59 bits per heavy atom. The Bertz CT molecular complexity index is 1040. The second-order valence-electron chi connectivity index (χ2n) is 6.19. The van der Waals surface area contributed by atoms with Gasteiger partial charge in [-0.3, -0.25) is 14.6 Å². The van der Waals surface area contributed by atoms with Gasteiger partial charge in [-0.1, -0.05) is 54.6 Å².